The summed E-state index contributed by atoms with van der Waals surface area (Å²) < 4.78 is 31.6. The number of nitrogens with zero attached hydrogens (tertiary/aromatic N) is 1. The third kappa shape index (κ3) is 57.6. The smallest absolute Gasteiger partial charge is 0.375 e. The first-order valence-corrected chi connectivity index (χ1v) is 4.27. The summed E-state index contributed by atoms with van der Waals surface area (Å²) in [5.74, 6) is -0.0993. The Kier molecular flexibility index (Phi) is 7.02. The Balaban J connectivity index is 0. The maximum absolute atomic E-state index is 8.74. The number of thiocarbonyl (C=S) groups is 1. The molecule has 0 spiro atoms. The Morgan fingerprint density at radius 2 is 1.62 bits per heavy atom. The van der Waals surface area contributed by atoms with E-state index in [1.165, 1.54) is 0 Å². The Bertz CT molecular complexity index is 271. The highest BCUT2D eigenvalue weighted by Gasteiger charge is 1.84. The molecule has 0 atom stereocenters. The summed E-state index contributed by atoms with van der Waals surface area (Å²) in [4.78, 5) is 0. The van der Waals surface area contributed by atoms with E-state index in [0.29, 0.717) is 0 Å². The van der Waals surface area contributed by atoms with E-state index in [4.69, 9.17) is 34.7 Å². The fourth-order valence-electron chi connectivity index (χ4n) is 0.120. The summed E-state index contributed by atoms with van der Waals surface area (Å²) in [6.07, 6.45) is 0. The average Bonchev–Trinajstić information content (AvgIpc) is 1.79. The van der Waals surface area contributed by atoms with Crippen molar-refractivity contribution in [2.24, 2.45) is 22.3 Å². The van der Waals surface area contributed by atoms with E-state index in [2.05, 4.69) is 22.7 Å². The Labute approximate surface area is 79.5 Å². The first-order chi connectivity index (χ1) is 5.63. The van der Waals surface area contributed by atoms with Crippen LogP contribution < -0.4 is 22.6 Å². The maximum atomic E-state index is 8.74. The number of rotatable bonds is 1. The molecule has 11 heteroatoms. The third-order valence-corrected chi connectivity index (χ3v) is 0.386. The number of hydrogen-bond acceptors (Lipinski definition) is 4. The zero-order valence-corrected chi connectivity index (χ0v) is 7.84. The average molecular weight is 231 g/mol. The molecule has 0 aromatic carbocycles. The van der Waals surface area contributed by atoms with Gasteiger partial charge in [-0.3, -0.25) is 14.5 Å². The molecule has 0 amide bonds. The van der Waals surface area contributed by atoms with Crippen molar-refractivity contribution in [1.82, 2.24) is 5.43 Å². The van der Waals surface area contributed by atoms with Crippen LogP contribution in [0.1, 0.15) is 0 Å². The molecule has 0 radical (unpaired) electrons. The third-order valence-electron chi connectivity index (χ3n) is 0.295. The predicted octanol–water partition coefficient (Wildman–Crippen LogP) is -2.64. The molecule has 0 bridgehead atoms. The highest BCUT2D eigenvalue weighted by Crippen LogP contribution is 1.59. The van der Waals surface area contributed by atoms with Crippen LogP contribution in [0.25, 0.3) is 0 Å². The van der Waals surface area contributed by atoms with Gasteiger partial charge in [-0.15, -0.1) is 5.10 Å². The van der Waals surface area contributed by atoms with Gasteiger partial charge >= 0.3 is 10.4 Å². The zero-order valence-electron chi connectivity index (χ0n) is 6.21. The van der Waals surface area contributed by atoms with E-state index in [0.717, 1.165) is 0 Å². The first kappa shape index (κ1) is 14.4. The van der Waals surface area contributed by atoms with Crippen LogP contribution in [0.3, 0.4) is 0 Å². The summed E-state index contributed by atoms with van der Waals surface area (Å²) in [6.45, 7) is 0. The van der Waals surface area contributed by atoms with Crippen LogP contribution >= 0.6 is 12.2 Å². The van der Waals surface area contributed by atoms with E-state index in [1.54, 1.807) is 0 Å². The largest absolute Gasteiger partial charge is 0.394 e. The van der Waals surface area contributed by atoms with Crippen LogP contribution in [0.2, 0.25) is 0 Å². The molecule has 0 saturated heterocycles. The topological polar surface area (TPSA) is 177 Å². The van der Waals surface area contributed by atoms with Gasteiger partial charge in [0.25, 0.3) is 0 Å². The second-order valence-corrected chi connectivity index (χ2v) is 2.80. The van der Waals surface area contributed by atoms with Crippen LogP contribution in [-0.4, -0.2) is 28.6 Å². The van der Waals surface area contributed by atoms with Gasteiger partial charge in [-0.25, -0.2) is 0 Å². The van der Waals surface area contributed by atoms with Gasteiger partial charge in [0.2, 0.25) is 5.96 Å². The Morgan fingerprint density at radius 3 is 1.69 bits per heavy atom. The lowest BCUT2D eigenvalue weighted by Gasteiger charge is -1.92. The lowest BCUT2D eigenvalue weighted by atomic mass is 11.1. The Hall–Kier alpha value is -1.17. The van der Waals surface area contributed by atoms with Crippen molar-refractivity contribution >= 4 is 33.7 Å². The molecule has 0 aromatic rings. The molecule has 9 N–H and O–H groups in total. The van der Waals surface area contributed by atoms with Crippen LogP contribution in [0, 0.1) is 0 Å². The lowest BCUT2D eigenvalue weighted by Crippen LogP contribution is -2.31. The maximum Gasteiger partial charge on any atom is 0.394 e. The molecule has 9 nitrogen and oxygen atoms in total. The van der Waals surface area contributed by atoms with Crippen molar-refractivity contribution < 1.29 is 17.5 Å². The van der Waals surface area contributed by atoms with E-state index in [9.17, 15) is 0 Å². The van der Waals surface area contributed by atoms with Gasteiger partial charge in [-0.1, -0.05) is 0 Å². The quantitative estimate of drug-likeness (QED) is 0.0924. The highest BCUT2D eigenvalue weighted by atomic mass is 32.3. The molecule has 0 heterocycles. The van der Waals surface area contributed by atoms with Gasteiger partial charge in [0.15, 0.2) is 5.11 Å². The molecule has 0 fully saturated rings. The van der Waals surface area contributed by atoms with E-state index < -0.39 is 10.4 Å². The minimum atomic E-state index is -4.67. The summed E-state index contributed by atoms with van der Waals surface area (Å²) >= 11 is 4.36. The summed E-state index contributed by atoms with van der Waals surface area (Å²) in [6, 6.07) is 0. The number of hydrazone groups is 1. The summed E-state index contributed by atoms with van der Waals surface area (Å²) in [7, 11) is -4.67. The van der Waals surface area contributed by atoms with Crippen molar-refractivity contribution in [3.8, 4) is 0 Å². The molecule has 78 valence electrons. The van der Waals surface area contributed by atoms with Crippen LogP contribution in [0.5, 0.6) is 0 Å². The van der Waals surface area contributed by atoms with Crippen molar-refractivity contribution in [2.45, 2.75) is 0 Å². The van der Waals surface area contributed by atoms with Crippen molar-refractivity contribution in [1.29, 1.82) is 0 Å². The Morgan fingerprint density at radius 1 is 1.31 bits per heavy atom. The normalized spacial score (nSPS) is 9.08. The van der Waals surface area contributed by atoms with Crippen molar-refractivity contribution in [3.05, 3.63) is 0 Å². The van der Waals surface area contributed by atoms with Gasteiger partial charge in [0.1, 0.15) is 0 Å². The molecule has 0 aliphatic rings. The van der Waals surface area contributed by atoms with Crippen molar-refractivity contribution in [3.63, 3.8) is 0 Å². The van der Waals surface area contributed by atoms with Gasteiger partial charge in [-0.2, -0.15) is 8.42 Å². The van der Waals surface area contributed by atoms with Gasteiger partial charge in [0, 0.05) is 0 Å². The lowest BCUT2D eigenvalue weighted by molar-refractivity contribution is 0.381. The summed E-state index contributed by atoms with van der Waals surface area (Å²) in [5.41, 5.74) is 16.9. The second kappa shape index (κ2) is 6.36. The van der Waals surface area contributed by atoms with Crippen molar-refractivity contribution in [2.75, 3.05) is 0 Å². The minimum Gasteiger partial charge on any atom is -0.375 e. The predicted molar refractivity (Wildman–Crippen MR) is 49.9 cm³/mol. The molecule has 0 saturated carbocycles. The molecule has 0 unspecified atom stereocenters. The molecule has 0 aliphatic heterocycles. The molecule has 0 rings (SSSR count). The second-order valence-electron chi connectivity index (χ2n) is 1.46. The standard InChI is InChI=1S/C2H7N5S.H2O4S/c3-1(4)6-7-2(5)8;1-5(2,3)4/h(H4,3,4,6)(H3,5,7,8);(H2,1,2,3,4). The number of guanidine groups is 1. The van der Waals surface area contributed by atoms with E-state index in [-0.39, 0.29) is 11.1 Å². The molecular formula is C2H9N5O4S2. The van der Waals surface area contributed by atoms with Gasteiger partial charge in [0.05, 0.1) is 0 Å². The van der Waals surface area contributed by atoms with Crippen LogP contribution in [0.15, 0.2) is 5.10 Å². The minimum absolute atomic E-state index is 0.0402. The van der Waals surface area contributed by atoms with E-state index >= 15 is 0 Å². The van der Waals surface area contributed by atoms with Gasteiger partial charge in [-0.05, 0) is 12.2 Å². The first-order valence-electron chi connectivity index (χ1n) is 2.47. The highest BCUT2D eigenvalue weighted by molar-refractivity contribution is 7.80. The SMILES string of the molecule is NC(=S)NN=C(N)N.O=S(=O)(O)O. The number of hydrogen-bond donors (Lipinski definition) is 6. The molecular weight excluding hydrogens is 222 g/mol. The number of nitrogens with one attached hydrogen (secondary N) is 1. The monoisotopic (exact) mass is 231 g/mol. The van der Waals surface area contributed by atoms with Crippen LogP contribution in [-0.2, 0) is 10.4 Å². The fraction of sp³-hybridized carbons (Fsp3) is 0. The zero-order chi connectivity index (χ0) is 11.1. The fourth-order valence-corrected chi connectivity index (χ4v) is 0.165. The van der Waals surface area contributed by atoms with E-state index in [1.807, 2.05) is 0 Å². The molecule has 13 heavy (non-hydrogen) atoms. The molecule has 0 aliphatic carbocycles. The summed E-state index contributed by atoms with van der Waals surface area (Å²) in [5, 5.41) is 3.32. The van der Waals surface area contributed by atoms with Gasteiger partial charge < -0.3 is 17.2 Å². The number of nitrogens with two attached hydrogens (primary N) is 3. The molecule has 0 aromatic heterocycles. The van der Waals surface area contributed by atoms with Crippen LogP contribution in [0.4, 0.5) is 0 Å².